The van der Waals surface area contributed by atoms with Crippen LogP contribution in [0, 0.1) is 0 Å². The number of hydrogen-bond donors (Lipinski definition) is 2. The zero-order valence-corrected chi connectivity index (χ0v) is 14.1. The third-order valence-corrected chi connectivity index (χ3v) is 3.62. The molecule has 1 aromatic carbocycles. The summed E-state index contributed by atoms with van der Waals surface area (Å²) in [5.74, 6) is 1.41. The van der Waals surface area contributed by atoms with Crippen LogP contribution >= 0.6 is 11.6 Å². The van der Waals surface area contributed by atoms with Crippen LogP contribution in [0.15, 0.2) is 53.1 Å². The van der Waals surface area contributed by atoms with E-state index in [-0.39, 0.29) is 18.1 Å². The molecule has 0 aliphatic heterocycles. The van der Waals surface area contributed by atoms with Gasteiger partial charge in [0.15, 0.2) is 11.5 Å². The summed E-state index contributed by atoms with van der Waals surface area (Å²) in [5, 5.41) is 14.2. The van der Waals surface area contributed by atoms with Gasteiger partial charge in [0.25, 0.3) is 5.91 Å². The van der Waals surface area contributed by atoms with Crippen molar-refractivity contribution in [3.63, 3.8) is 0 Å². The lowest BCUT2D eigenvalue weighted by atomic mass is 10.3. The number of carbonyl (C=O) groups excluding carboxylic acids is 1. The molecular weight excluding hydrogens is 344 g/mol. The lowest BCUT2D eigenvalue weighted by molar-refractivity contribution is 0.0942. The molecule has 25 heavy (non-hydrogen) atoms. The summed E-state index contributed by atoms with van der Waals surface area (Å²) in [7, 11) is 1.55. The Hall–Kier alpha value is -3.06. The van der Waals surface area contributed by atoms with Crippen LogP contribution in [0.2, 0.25) is 5.02 Å². The SMILES string of the molecule is COc1ccc(Nc2ccc(C(=O)NCc3ccco3)nn2)cc1Cl. The number of hydrogen-bond acceptors (Lipinski definition) is 6. The van der Waals surface area contributed by atoms with Gasteiger partial charge >= 0.3 is 0 Å². The average molecular weight is 359 g/mol. The average Bonchev–Trinajstić information content (AvgIpc) is 3.14. The Kier molecular flexibility index (Phi) is 5.15. The van der Waals surface area contributed by atoms with E-state index in [4.69, 9.17) is 20.8 Å². The Balaban J connectivity index is 1.61. The maximum atomic E-state index is 12.0. The minimum atomic E-state index is -0.331. The minimum absolute atomic E-state index is 0.213. The number of aromatic nitrogens is 2. The van der Waals surface area contributed by atoms with Crippen molar-refractivity contribution in [1.29, 1.82) is 0 Å². The minimum Gasteiger partial charge on any atom is -0.495 e. The summed E-state index contributed by atoms with van der Waals surface area (Å²) < 4.78 is 10.3. The van der Waals surface area contributed by atoms with E-state index in [0.717, 1.165) is 5.69 Å². The summed E-state index contributed by atoms with van der Waals surface area (Å²) in [6, 6.07) is 12.0. The molecule has 2 aromatic heterocycles. The Bertz CT molecular complexity index is 851. The van der Waals surface area contributed by atoms with Crippen molar-refractivity contribution < 1.29 is 13.9 Å². The first-order valence-corrected chi connectivity index (χ1v) is 7.78. The number of furan rings is 1. The van der Waals surface area contributed by atoms with Gasteiger partial charge in [0.1, 0.15) is 11.5 Å². The Morgan fingerprint density at radius 3 is 2.76 bits per heavy atom. The number of halogens is 1. The molecule has 0 spiro atoms. The van der Waals surface area contributed by atoms with Crippen LogP contribution < -0.4 is 15.4 Å². The first-order valence-electron chi connectivity index (χ1n) is 7.40. The Morgan fingerprint density at radius 1 is 1.24 bits per heavy atom. The van der Waals surface area contributed by atoms with E-state index in [0.29, 0.717) is 22.4 Å². The van der Waals surface area contributed by atoms with Gasteiger partial charge in [0, 0.05) is 5.69 Å². The molecule has 3 rings (SSSR count). The Labute approximate surface area is 149 Å². The third kappa shape index (κ3) is 4.27. The fourth-order valence-corrected chi connectivity index (χ4v) is 2.34. The maximum Gasteiger partial charge on any atom is 0.272 e. The van der Waals surface area contributed by atoms with Crippen molar-refractivity contribution in [2.45, 2.75) is 6.54 Å². The summed E-state index contributed by atoms with van der Waals surface area (Å²) >= 11 is 6.08. The molecule has 7 nitrogen and oxygen atoms in total. The first kappa shape index (κ1) is 16.8. The number of benzene rings is 1. The molecule has 0 bridgehead atoms. The quantitative estimate of drug-likeness (QED) is 0.702. The molecule has 3 aromatic rings. The van der Waals surface area contributed by atoms with E-state index < -0.39 is 0 Å². The van der Waals surface area contributed by atoms with Crippen molar-refractivity contribution in [3.8, 4) is 5.75 Å². The van der Waals surface area contributed by atoms with Gasteiger partial charge in [0.05, 0.1) is 24.9 Å². The lowest BCUT2D eigenvalue weighted by Gasteiger charge is -2.08. The first-order chi connectivity index (χ1) is 12.2. The van der Waals surface area contributed by atoms with E-state index in [2.05, 4.69) is 20.8 Å². The molecule has 2 N–H and O–H groups in total. The third-order valence-electron chi connectivity index (χ3n) is 3.32. The standard InChI is InChI=1S/C17H15ClN4O3/c1-24-15-6-4-11(9-13(15)18)20-16-7-5-14(21-22-16)17(23)19-10-12-3-2-8-25-12/h2-9H,10H2,1H3,(H,19,23)(H,20,22). The lowest BCUT2D eigenvalue weighted by Crippen LogP contribution is -2.23. The molecule has 0 fully saturated rings. The molecule has 128 valence electrons. The van der Waals surface area contributed by atoms with Crippen LogP contribution in [0.25, 0.3) is 0 Å². The second-order valence-corrected chi connectivity index (χ2v) is 5.45. The summed E-state index contributed by atoms with van der Waals surface area (Å²) in [6.07, 6.45) is 1.55. The summed E-state index contributed by atoms with van der Waals surface area (Å²) in [5.41, 5.74) is 0.944. The normalized spacial score (nSPS) is 10.3. The number of anilines is 2. The molecule has 2 heterocycles. The predicted octanol–water partition coefficient (Wildman–Crippen LogP) is 3.41. The zero-order valence-electron chi connectivity index (χ0n) is 13.3. The molecule has 0 aliphatic carbocycles. The second kappa shape index (κ2) is 7.67. The van der Waals surface area contributed by atoms with Crippen molar-refractivity contribution in [1.82, 2.24) is 15.5 Å². The van der Waals surface area contributed by atoms with Crippen molar-refractivity contribution in [2.75, 3.05) is 12.4 Å². The molecule has 0 radical (unpaired) electrons. The molecule has 0 aliphatic rings. The van der Waals surface area contributed by atoms with Gasteiger partial charge in [-0.3, -0.25) is 4.79 Å². The van der Waals surface area contributed by atoms with Crippen LogP contribution in [-0.2, 0) is 6.54 Å². The smallest absolute Gasteiger partial charge is 0.272 e. The predicted molar refractivity (Wildman–Crippen MR) is 93.2 cm³/mol. The fraction of sp³-hybridized carbons (Fsp3) is 0.118. The highest BCUT2D eigenvalue weighted by Crippen LogP contribution is 2.28. The zero-order chi connectivity index (χ0) is 17.6. The highest BCUT2D eigenvalue weighted by molar-refractivity contribution is 6.32. The van der Waals surface area contributed by atoms with Crippen molar-refractivity contribution in [2.24, 2.45) is 0 Å². The van der Waals surface area contributed by atoms with Crippen LogP contribution in [0.3, 0.4) is 0 Å². The van der Waals surface area contributed by atoms with E-state index in [1.165, 1.54) is 0 Å². The number of methoxy groups -OCH3 is 1. The van der Waals surface area contributed by atoms with E-state index >= 15 is 0 Å². The largest absolute Gasteiger partial charge is 0.495 e. The van der Waals surface area contributed by atoms with Crippen LogP contribution in [0.4, 0.5) is 11.5 Å². The van der Waals surface area contributed by atoms with Crippen LogP contribution in [0.1, 0.15) is 16.2 Å². The molecule has 0 unspecified atom stereocenters. The molecular formula is C17H15ClN4O3. The number of nitrogens with zero attached hydrogens (tertiary/aromatic N) is 2. The van der Waals surface area contributed by atoms with Gasteiger partial charge < -0.3 is 19.8 Å². The van der Waals surface area contributed by atoms with E-state index in [1.54, 1.807) is 55.8 Å². The molecule has 0 atom stereocenters. The van der Waals surface area contributed by atoms with Crippen LogP contribution in [0.5, 0.6) is 5.75 Å². The van der Waals surface area contributed by atoms with Crippen molar-refractivity contribution in [3.05, 3.63) is 65.2 Å². The van der Waals surface area contributed by atoms with Gasteiger partial charge in [-0.2, -0.15) is 0 Å². The number of nitrogens with one attached hydrogen (secondary N) is 2. The molecule has 1 amide bonds. The van der Waals surface area contributed by atoms with E-state index in [9.17, 15) is 4.79 Å². The van der Waals surface area contributed by atoms with Gasteiger partial charge in [0.2, 0.25) is 0 Å². The maximum absolute atomic E-state index is 12.0. The van der Waals surface area contributed by atoms with E-state index in [1.807, 2.05) is 0 Å². The summed E-state index contributed by atoms with van der Waals surface area (Å²) in [6.45, 7) is 0.290. The number of rotatable bonds is 6. The molecule has 8 heteroatoms. The van der Waals surface area contributed by atoms with Crippen LogP contribution in [-0.4, -0.2) is 23.2 Å². The molecule has 0 saturated carbocycles. The number of amides is 1. The van der Waals surface area contributed by atoms with Gasteiger partial charge in [-0.25, -0.2) is 0 Å². The van der Waals surface area contributed by atoms with Gasteiger partial charge in [-0.05, 0) is 42.5 Å². The second-order valence-electron chi connectivity index (χ2n) is 5.04. The number of carbonyl (C=O) groups is 1. The fourth-order valence-electron chi connectivity index (χ4n) is 2.08. The van der Waals surface area contributed by atoms with Gasteiger partial charge in [-0.15, -0.1) is 10.2 Å². The Morgan fingerprint density at radius 2 is 2.12 bits per heavy atom. The highest BCUT2D eigenvalue weighted by Gasteiger charge is 2.09. The highest BCUT2D eigenvalue weighted by atomic mass is 35.5. The summed E-state index contributed by atoms with van der Waals surface area (Å²) in [4.78, 5) is 12.0. The monoisotopic (exact) mass is 358 g/mol. The topological polar surface area (TPSA) is 89.3 Å². The van der Waals surface area contributed by atoms with Crippen molar-refractivity contribution >= 4 is 29.0 Å². The molecule has 0 saturated heterocycles. The van der Waals surface area contributed by atoms with Gasteiger partial charge in [-0.1, -0.05) is 11.6 Å². The number of ether oxygens (including phenoxy) is 1.